The standard InChI is InChI=1S/C24H28ClN3O4S2/c1-4-27(5-2)18-8-11-20(16(3)12-18)28-21-14-34(30,31)15-22(21)33-24(28)26-23(29)13-32-19-9-6-17(25)7-10-19/h6-12,21-22H,4-5,13-15H2,1-3H3/t21-,22-/m0/s1. The number of hydrogen-bond donors (Lipinski definition) is 0. The third-order valence-electron chi connectivity index (χ3n) is 6.03. The highest BCUT2D eigenvalue weighted by atomic mass is 35.5. The Labute approximate surface area is 210 Å². The molecule has 2 aromatic carbocycles. The second-order valence-corrected chi connectivity index (χ2v) is 12.1. The molecule has 0 bridgehead atoms. The Balaban J connectivity index is 1.60. The number of aliphatic imine (C=N–C) groups is 1. The van der Waals surface area contributed by atoms with E-state index in [4.69, 9.17) is 16.3 Å². The lowest BCUT2D eigenvalue weighted by Crippen LogP contribution is -2.38. The maximum absolute atomic E-state index is 12.7. The Kier molecular flexibility index (Phi) is 7.45. The van der Waals surface area contributed by atoms with E-state index in [1.54, 1.807) is 24.3 Å². The molecule has 4 rings (SSSR count). The Morgan fingerprint density at radius 1 is 1.18 bits per heavy atom. The fourth-order valence-electron chi connectivity index (χ4n) is 4.36. The molecule has 10 heteroatoms. The predicted molar refractivity (Wildman–Crippen MR) is 140 cm³/mol. The van der Waals surface area contributed by atoms with Gasteiger partial charge in [0, 0.05) is 34.7 Å². The van der Waals surface area contributed by atoms with Crippen LogP contribution in [0.15, 0.2) is 47.5 Å². The van der Waals surface area contributed by atoms with E-state index in [2.05, 4.69) is 29.8 Å². The average molecular weight is 522 g/mol. The number of benzene rings is 2. The molecule has 0 saturated carbocycles. The minimum atomic E-state index is -3.14. The molecular formula is C24H28ClN3O4S2. The number of thioether (sulfide) groups is 1. The van der Waals surface area contributed by atoms with Gasteiger partial charge >= 0.3 is 0 Å². The molecule has 0 N–H and O–H groups in total. The quantitative estimate of drug-likeness (QED) is 0.541. The minimum absolute atomic E-state index is 0.0520. The molecule has 34 heavy (non-hydrogen) atoms. The van der Waals surface area contributed by atoms with E-state index in [0.717, 1.165) is 30.0 Å². The molecule has 2 atom stereocenters. The fraction of sp³-hybridized carbons (Fsp3) is 0.417. The van der Waals surface area contributed by atoms with E-state index in [-0.39, 0.29) is 29.4 Å². The molecule has 7 nitrogen and oxygen atoms in total. The summed E-state index contributed by atoms with van der Waals surface area (Å²) in [6.07, 6.45) is 0. The lowest BCUT2D eigenvalue weighted by Gasteiger charge is -2.28. The van der Waals surface area contributed by atoms with Crippen molar-refractivity contribution in [1.29, 1.82) is 0 Å². The van der Waals surface area contributed by atoms with Gasteiger partial charge in [-0.3, -0.25) is 4.79 Å². The van der Waals surface area contributed by atoms with Gasteiger partial charge in [-0.05, 0) is 68.8 Å². The first-order valence-corrected chi connectivity index (χ1v) is 14.3. The molecule has 2 aliphatic rings. The normalized spacial score (nSPS) is 22.1. The van der Waals surface area contributed by atoms with Crippen molar-refractivity contribution in [3.63, 3.8) is 0 Å². The van der Waals surface area contributed by atoms with Crippen molar-refractivity contribution in [3.05, 3.63) is 53.1 Å². The van der Waals surface area contributed by atoms with Crippen molar-refractivity contribution in [2.24, 2.45) is 4.99 Å². The second-order valence-electron chi connectivity index (χ2n) is 8.34. The summed E-state index contributed by atoms with van der Waals surface area (Å²) in [5.41, 5.74) is 2.99. The largest absolute Gasteiger partial charge is 0.484 e. The zero-order valence-electron chi connectivity index (χ0n) is 19.4. The van der Waals surface area contributed by atoms with E-state index < -0.39 is 15.7 Å². The van der Waals surface area contributed by atoms with Gasteiger partial charge in [0.2, 0.25) is 0 Å². The summed E-state index contributed by atoms with van der Waals surface area (Å²) < 4.78 is 30.3. The molecule has 2 saturated heterocycles. The molecule has 2 aliphatic heterocycles. The molecule has 1 amide bonds. The first kappa shape index (κ1) is 24.9. The van der Waals surface area contributed by atoms with Crippen molar-refractivity contribution >= 4 is 55.6 Å². The summed E-state index contributed by atoms with van der Waals surface area (Å²) in [4.78, 5) is 21.2. The van der Waals surface area contributed by atoms with Crippen LogP contribution in [0.1, 0.15) is 19.4 Å². The summed E-state index contributed by atoms with van der Waals surface area (Å²) in [6, 6.07) is 12.7. The third kappa shape index (κ3) is 5.37. The number of amides is 1. The van der Waals surface area contributed by atoms with E-state index >= 15 is 0 Å². The lowest BCUT2D eigenvalue weighted by molar-refractivity contribution is -0.119. The van der Waals surface area contributed by atoms with Gasteiger partial charge in [-0.2, -0.15) is 4.99 Å². The van der Waals surface area contributed by atoms with Crippen LogP contribution < -0.4 is 14.5 Å². The first-order chi connectivity index (χ1) is 16.2. The van der Waals surface area contributed by atoms with Crippen LogP contribution in [0.2, 0.25) is 5.02 Å². The average Bonchev–Trinajstić information content (AvgIpc) is 3.25. The SMILES string of the molecule is CCN(CC)c1ccc(N2C(=NC(=O)COc3ccc(Cl)cc3)S[C@H]3CS(=O)(=O)C[C@@H]32)c(C)c1. The molecule has 0 aliphatic carbocycles. The van der Waals surface area contributed by atoms with E-state index in [0.29, 0.717) is 15.9 Å². The molecule has 0 aromatic heterocycles. The van der Waals surface area contributed by atoms with Crippen LogP contribution in [0.4, 0.5) is 11.4 Å². The number of carbonyl (C=O) groups excluding carboxylic acids is 1. The van der Waals surface area contributed by atoms with Crippen LogP contribution in [-0.4, -0.2) is 62.0 Å². The van der Waals surface area contributed by atoms with Crippen molar-refractivity contribution in [3.8, 4) is 5.75 Å². The molecule has 182 valence electrons. The molecule has 0 spiro atoms. The zero-order valence-corrected chi connectivity index (χ0v) is 21.8. The van der Waals surface area contributed by atoms with Crippen LogP contribution in [0.5, 0.6) is 5.75 Å². The van der Waals surface area contributed by atoms with Gasteiger partial charge in [-0.25, -0.2) is 8.42 Å². The summed E-state index contributed by atoms with van der Waals surface area (Å²) in [5, 5.41) is 0.949. The zero-order chi connectivity index (χ0) is 24.5. The molecule has 2 fully saturated rings. The first-order valence-electron chi connectivity index (χ1n) is 11.2. The lowest BCUT2D eigenvalue weighted by atomic mass is 10.1. The second kappa shape index (κ2) is 10.2. The highest BCUT2D eigenvalue weighted by Gasteiger charge is 2.49. The highest BCUT2D eigenvalue weighted by Crippen LogP contribution is 2.42. The maximum atomic E-state index is 12.7. The topological polar surface area (TPSA) is 79.3 Å². The molecule has 2 heterocycles. The number of sulfone groups is 1. The van der Waals surface area contributed by atoms with Crippen molar-refractivity contribution in [2.45, 2.75) is 32.1 Å². The van der Waals surface area contributed by atoms with Crippen LogP contribution in [-0.2, 0) is 14.6 Å². The third-order valence-corrected chi connectivity index (χ3v) is 9.49. The Bertz CT molecular complexity index is 1200. The van der Waals surface area contributed by atoms with E-state index in [1.807, 2.05) is 24.0 Å². The van der Waals surface area contributed by atoms with Crippen molar-refractivity contribution in [1.82, 2.24) is 0 Å². The number of carbonyl (C=O) groups is 1. The summed E-state index contributed by atoms with van der Waals surface area (Å²) >= 11 is 7.25. The number of ether oxygens (including phenoxy) is 1. The number of aryl methyl sites for hydroxylation is 1. The van der Waals surface area contributed by atoms with Crippen molar-refractivity contribution < 1.29 is 17.9 Å². The van der Waals surface area contributed by atoms with Gasteiger partial charge in [0.25, 0.3) is 5.91 Å². The number of hydrogen-bond acceptors (Lipinski definition) is 6. The van der Waals surface area contributed by atoms with Gasteiger partial charge < -0.3 is 14.5 Å². The highest BCUT2D eigenvalue weighted by molar-refractivity contribution is 8.16. The number of fused-ring (bicyclic) bond motifs is 1. The van der Waals surface area contributed by atoms with Gasteiger partial charge in [0.15, 0.2) is 21.6 Å². The van der Waals surface area contributed by atoms with Crippen LogP contribution in [0.25, 0.3) is 0 Å². The number of amidine groups is 1. The summed E-state index contributed by atoms with van der Waals surface area (Å²) in [6.45, 7) is 7.81. The van der Waals surface area contributed by atoms with E-state index in [9.17, 15) is 13.2 Å². The number of nitrogens with zero attached hydrogens (tertiary/aromatic N) is 3. The van der Waals surface area contributed by atoms with Gasteiger partial charge in [0.1, 0.15) is 5.75 Å². The monoisotopic (exact) mass is 521 g/mol. The van der Waals surface area contributed by atoms with Crippen LogP contribution >= 0.6 is 23.4 Å². The fourth-order valence-corrected chi connectivity index (χ4v) is 8.41. The summed E-state index contributed by atoms with van der Waals surface area (Å²) in [7, 11) is -3.14. The van der Waals surface area contributed by atoms with E-state index in [1.165, 1.54) is 11.8 Å². The van der Waals surface area contributed by atoms with Crippen molar-refractivity contribution in [2.75, 3.05) is 41.0 Å². The molecule has 2 aromatic rings. The molecule has 0 unspecified atom stereocenters. The molecular weight excluding hydrogens is 494 g/mol. The predicted octanol–water partition coefficient (Wildman–Crippen LogP) is 4.18. The van der Waals surface area contributed by atoms with Crippen LogP contribution in [0.3, 0.4) is 0 Å². The van der Waals surface area contributed by atoms with Gasteiger partial charge in [-0.1, -0.05) is 23.4 Å². The molecule has 0 radical (unpaired) electrons. The smallest absolute Gasteiger partial charge is 0.285 e. The Morgan fingerprint density at radius 2 is 1.88 bits per heavy atom. The number of rotatable bonds is 7. The number of anilines is 2. The minimum Gasteiger partial charge on any atom is -0.484 e. The van der Waals surface area contributed by atoms with Crippen LogP contribution in [0, 0.1) is 6.92 Å². The summed E-state index contributed by atoms with van der Waals surface area (Å²) in [5.74, 6) is 0.239. The number of halogens is 1. The van der Waals surface area contributed by atoms with Gasteiger partial charge in [-0.15, -0.1) is 0 Å². The maximum Gasteiger partial charge on any atom is 0.285 e. The Hall–Kier alpha value is -2.23. The van der Waals surface area contributed by atoms with Gasteiger partial charge in [0.05, 0.1) is 17.5 Å². The Morgan fingerprint density at radius 3 is 2.53 bits per heavy atom.